The Morgan fingerprint density at radius 1 is 1.00 bits per heavy atom. The molecule has 1 aromatic heterocycles. The average molecular weight is 392 g/mol. The fourth-order valence-corrected chi connectivity index (χ4v) is 3.84. The summed E-state index contributed by atoms with van der Waals surface area (Å²) < 4.78 is 0. The number of benzene rings is 2. The van der Waals surface area contributed by atoms with Gasteiger partial charge in [0.2, 0.25) is 11.8 Å². The minimum atomic E-state index is -0.515. The van der Waals surface area contributed by atoms with Gasteiger partial charge in [-0.25, -0.2) is 0 Å². The lowest BCUT2D eigenvalue weighted by atomic mass is 9.82. The molecule has 8 nitrogen and oxygen atoms in total. The number of aromatic nitrogens is 2. The number of hydrogen-bond acceptors (Lipinski definition) is 4. The summed E-state index contributed by atoms with van der Waals surface area (Å²) >= 11 is 0. The van der Waals surface area contributed by atoms with Gasteiger partial charge in [0.15, 0.2) is 0 Å². The summed E-state index contributed by atoms with van der Waals surface area (Å²) in [6, 6.07) is 12.5. The molecule has 3 aromatic rings. The molecule has 4 rings (SSSR count). The molecule has 0 fully saturated rings. The van der Waals surface area contributed by atoms with Crippen molar-refractivity contribution >= 4 is 28.3 Å². The maximum atomic E-state index is 12.6. The fraction of sp³-hybridized carbons (Fsp3) is 0.238. The Morgan fingerprint density at radius 3 is 2.66 bits per heavy atom. The second-order valence-electron chi connectivity index (χ2n) is 7.05. The highest BCUT2D eigenvalue weighted by Crippen LogP contribution is 2.31. The lowest BCUT2D eigenvalue weighted by molar-refractivity contribution is -0.125. The van der Waals surface area contributed by atoms with E-state index in [-0.39, 0.29) is 34.8 Å². The predicted molar refractivity (Wildman–Crippen MR) is 109 cm³/mol. The molecule has 8 heteroatoms. The van der Waals surface area contributed by atoms with E-state index in [9.17, 15) is 19.2 Å². The van der Waals surface area contributed by atoms with E-state index in [1.807, 2.05) is 24.3 Å². The first kappa shape index (κ1) is 18.7. The van der Waals surface area contributed by atoms with Crippen LogP contribution in [0.2, 0.25) is 0 Å². The highest BCUT2D eigenvalue weighted by Gasteiger charge is 2.26. The minimum absolute atomic E-state index is 0.0946. The monoisotopic (exact) mass is 392 g/mol. The smallest absolute Gasteiger partial charge is 0.272 e. The third kappa shape index (κ3) is 3.69. The number of aromatic amines is 2. The van der Waals surface area contributed by atoms with Crippen molar-refractivity contribution in [3.8, 4) is 0 Å². The summed E-state index contributed by atoms with van der Waals surface area (Å²) in [4.78, 5) is 48.9. The van der Waals surface area contributed by atoms with Gasteiger partial charge in [-0.15, -0.1) is 0 Å². The van der Waals surface area contributed by atoms with E-state index in [0.29, 0.717) is 0 Å². The normalized spacial score (nSPS) is 15.5. The van der Waals surface area contributed by atoms with E-state index >= 15 is 0 Å². The minimum Gasteiger partial charge on any atom is -0.346 e. The van der Waals surface area contributed by atoms with Gasteiger partial charge in [0.1, 0.15) is 0 Å². The molecular formula is C21H20N4O4. The number of fused-ring (bicyclic) bond motifs is 2. The molecule has 0 spiro atoms. The number of carbonyl (C=O) groups is 2. The van der Waals surface area contributed by atoms with Crippen LogP contribution in [0.15, 0.2) is 52.1 Å². The molecule has 0 saturated heterocycles. The highest BCUT2D eigenvalue weighted by atomic mass is 16.2. The molecule has 1 atom stereocenters. The van der Waals surface area contributed by atoms with E-state index in [1.54, 1.807) is 6.07 Å². The van der Waals surface area contributed by atoms with Gasteiger partial charge in [-0.05, 0) is 42.5 Å². The predicted octanol–water partition coefficient (Wildman–Crippen LogP) is 1.39. The Kier molecular flexibility index (Phi) is 4.99. The van der Waals surface area contributed by atoms with Crippen LogP contribution in [-0.2, 0) is 16.0 Å². The Morgan fingerprint density at radius 2 is 1.79 bits per heavy atom. The van der Waals surface area contributed by atoms with Gasteiger partial charge in [-0.2, -0.15) is 0 Å². The molecule has 0 saturated carbocycles. The molecule has 29 heavy (non-hydrogen) atoms. The Balaban J connectivity index is 1.46. The number of carbonyl (C=O) groups excluding carboxylic acids is 2. The molecule has 0 bridgehead atoms. The first-order chi connectivity index (χ1) is 14.0. The van der Waals surface area contributed by atoms with Gasteiger partial charge < -0.3 is 10.6 Å². The first-order valence-corrected chi connectivity index (χ1v) is 9.43. The summed E-state index contributed by atoms with van der Waals surface area (Å²) in [5.41, 5.74) is 1.43. The average Bonchev–Trinajstić information content (AvgIpc) is 2.74. The summed E-state index contributed by atoms with van der Waals surface area (Å²) in [6.45, 7) is -0.227. The van der Waals surface area contributed by atoms with Crippen LogP contribution in [0.5, 0.6) is 0 Å². The highest BCUT2D eigenvalue weighted by molar-refractivity contribution is 6.03. The molecule has 2 amide bonds. The fourth-order valence-electron chi connectivity index (χ4n) is 3.84. The quantitative estimate of drug-likeness (QED) is 0.536. The van der Waals surface area contributed by atoms with Crippen molar-refractivity contribution < 1.29 is 9.59 Å². The number of amides is 2. The van der Waals surface area contributed by atoms with E-state index in [4.69, 9.17) is 0 Å². The topological polar surface area (TPSA) is 124 Å². The van der Waals surface area contributed by atoms with Gasteiger partial charge in [-0.3, -0.25) is 29.4 Å². The van der Waals surface area contributed by atoms with Crippen molar-refractivity contribution in [2.24, 2.45) is 0 Å². The number of H-pyrrole nitrogens is 2. The van der Waals surface area contributed by atoms with Crippen LogP contribution in [-0.4, -0.2) is 28.6 Å². The van der Waals surface area contributed by atoms with Gasteiger partial charge in [0.25, 0.3) is 11.1 Å². The van der Waals surface area contributed by atoms with Crippen LogP contribution in [0.3, 0.4) is 0 Å². The van der Waals surface area contributed by atoms with Crippen molar-refractivity contribution in [1.29, 1.82) is 0 Å². The van der Waals surface area contributed by atoms with E-state index in [0.717, 1.165) is 24.8 Å². The van der Waals surface area contributed by atoms with Gasteiger partial charge in [0, 0.05) is 0 Å². The number of anilines is 1. The summed E-state index contributed by atoms with van der Waals surface area (Å²) in [7, 11) is 0. The van der Waals surface area contributed by atoms with Crippen molar-refractivity contribution in [2.45, 2.75) is 25.2 Å². The summed E-state index contributed by atoms with van der Waals surface area (Å²) in [6.07, 6.45) is 2.62. The van der Waals surface area contributed by atoms with Crippen LogP contribution in [0.4, 0.5) is 5.69 Å². The van der Waals surface area contributed by atoms with Crippen LogP contribution in [0.25, 0.3) is 10.8 Å². The van der Waals surface area contributed by atoms with Gasteiger partial charge in [-0.1, -0.05) is 30.3 Å². The van der Waals surface area contributed by atoms with Crippen molar-refractivity contribution in [1.82, 2.24) is 15.5 Å². The Bertz CT molecular complexity index is 1210. The second-order valence-corrected chi connectivity index (χ2v) is 7.05. The van der Waals surface area contributed by atoms with Crippen LogP contribution < -0.4 is 21.8 Å². The van der Waals surface area contributed by atoms with Gasteiger partial charge >= 0.3 is 0 Å². The Hall–Kier alpha value is -3.68. The molecule has 4 N–H and O–H groups in total. The SMILES string of the molecule is O=C(CNC(=O)C1CCCc2ccccc21)Nc1cccc2c(=O)[nH][nH]c(=O)c12. The number of hydrogen-bond donors (Lipinski definition) is 4. The zero-order chi connectivity index (χ0) is 20.4. The van der Waals surface area contributed by atoms with E-state index < -0.39 is 17.0 Å². The molecule has 1 aliphatic rings. The summed E-state index contributed by atoms with van der Waals surface area (Å²) in [5.74, 6) is -0.944. The van der Waals surface area contributed by atoms with Crippen molar-refractivity contribution in [2.75, 3.05) is 11.9 Å². The lowest BCUT2D eigenvalue weighted by Crippen LogP contribution is -2.37. The third-order valence-electron chi connectivity index (χ3n) is 5.21. The second kappa shape index (κ2) is 7.75. The number of aryl methyl sites for hydroxylation is 1. The first-order valence-electron chi connectivity index (χ1n) is 9.43. The third-order valence-corrected chi connectivity index (χ3v) is 5.21. The van der Waals surface area contributed by atoms with Crippen molar-refractivity contribution in [3.05, 3.63) is 74.3 Å². The van der Waals surface area contributed by atoms with E-state index in [2.05, 4.69) is 20.8 Å². The largest absolute Gasteiger partial charge is 0.346 e. The molecule has 1 heterocycles. The van der Waals surface area contributed by atoms with Crippen LogP contribution in [0, 0.1) is 0 Å². The van der Waals surface area contributed by atoms with Gasteiger partial charge in [0.05, 0.1) is 28.9 Å². The molecule has 0 aliphatic heterocycles. The number of nitrogens with one attached hydrogen (secondary N) is 4. The van der Waals surface area contributed by atoms with Crippen LogP contribution >= 0.6 is 0 Å². The zero-order valence-corrected chi connectivity index (χ0v) is 15.6. The van der Waals surface area contributed by atoms with E-state index in [1.165, 1.54) is 17.7 Å². The Labute approximate surface area is 165 Å². The molecular weight excluding hydrogens is 372 g/mol. The molecule has 2 aromatic carbocycles. The molecule has 1 aliphatic carbocycles. The lowest BCUT2D eigenvalue weighted by Gasteiger charge is -2.24. The van der Waals surface area contributed by atoms with Crippen molar-refractivity contribution in [3.63, 3.8) is 0 Å². The number of rotatable bonds is 4. The zero-order valence-electron chi connectivity index (χ0n) is 15.6. The molecule has 0 radical (unpaired) electrons. The maximum Gasteiger partial charge on any atom is 0.272 e. The standard InChI is InChI=1S/C21H20N4O4/c26-17(23-16-10-4-9-15-18(16)21(29)25-24-20(15)28)11-22-19(27)14-8-3-6-12-5-1-2-7-13(12)14/h1-2,4-5,7,9-10,14H,3,6,8,11H2,(H,22,27)(H,23,26)(H,24,28)(H,25,29). The maximum absolute atomic E-state index is 12.6. The molecule has 148 valence electrons. The van der Waals surface area contributed by atoms with Crippen LogP contribution in [0.1, 0.15) is 29.9 Å². The summed E-state index contributed by atoms with van der Waals surface area (Å²) in [5, 5.41) is 10.0. The molecule has 1 unspecified atom stereocenters.